The van der Waals surface area contributed by atoms with Crippen molar-refractivity contribution in [1.29, 1.82) is 0 Å². The van der Waals surface area contributed by atoms with E-state index in [0.29, 0.717) is 23.6 Å². The number of fused-ring (bicyclic) bond motifs is 1. The minimum atomic E-state index is -5.23. The summed E-state index contributed by atoms with van der Waals surface area (Å²) in [6.07, 6.45) is -7.52. The summed E-state index contributed by atoms with van der Waals surface area (Å²) in [5.41, 5.74) is -2.94. The number of nitrogens with one attached hydrogen (secondary N) is 2. The first-order chi connectivity index (χ1) is 20.0. The standard InChI is InChI=1S/C26H23ClF8N6O2/c1-11(42)40-7-13(36-22-15-5-17(27)18(28)6-19(15)38-23(20(22)29)26(33,34)35)4-14(8-40)37-24(43)16-9-41(10-25(30,31)32)39-21(16)12-2-3-12/h5-6,9,12-14H,2-4,7-8,10H2,1H3,(H,36,38)(H,37,43)/t13-,14+/m1/s1. The van der Waals surface area contributed by atoms with Crippen LogP contribution < -0.4 is 10.6 Å². The van der Waals surface area contributed by atoms with Gasteiger partial charge in [-0.3, -0.25) is 14.3 Å². The molecule has 1 aliphatic carbocycles. The molecule has 0 spiro atoms. The van der Waals surface area contributed by atoms with E-state index in [0.717, 1.165) is 12.3 Å². The highest BCUT2D eigenvalue weighted by molar-refractivity contribution is 6.31. The Morgan fingerprint density at radius 1 is 1.07 bits per heavy atom. The van der Waals surface area contributed by atoms with Gasteiger partial charge in [0.05, 0.1) is 27.5 Å². The molecule has 3 heterocycles. The van der Waals surface area contributed by atoms with E-state index in [2.05, 4.69) is 20.7 Å². The number of amides is 2. The molecule has 0 bridgehead atoms. The first-order valence-electron chi connectivity index (χ1n) is 13.0. The average Bonchev–Trinajstić information content (AvgIpc) is 3.65. The lowest BCUT2D eigenvalue weighted by atomic mass is 9.99. The topological polar surface area (TPSA) is 92.2 Å². The van der Waals surface area contributed by atoms with Crippen LogP contribution in [0.25, 0.3) is 10.9 Å². The van der Waals surface area contributed by atoms with E-state index >= 15 is 4.39 Å². The Morgan fingerprint density at radius 2 is 1.74 bits per heavy atom. The SMILES string of the molecule is CC(=O)N1C[C@@H](NC(=O)c2cn(CC(F)(F)F)nc2C2CC2)C[C@@H](Nc2c(F)c(C(F)(F)F)nc3cc(F)c(Cl)cc23)C1. The van der Waals surface area contributed by atoms with Crippen molar-refractivity contribution in [1.82, 2.24) is 25.0 Å². The molecule has 2 N–H and O–H groups in total. The molecule has 2 amide bonds. The number of nitrogens with zero attached hydrogens (tertiary/aromatic N) is 4. The number of pyridine rings is 1. The molecule has 2 aliphatic rings. The van der Waals surface area contributed by atoms with Gasteiger partial charge in [-0.2, -0.15) is 31.4 Å². The van der Waals surface area contributed by atoms with E-state index in [1.165, 1.54) is 11.8 Å². The molecule has 0 radical (unpaired) electrons. The highest BCUT2D eigenvalue weighted by atomic mass is 35.5. The molecule has 1 saturated carbocycles. The number of alkyl halides is 6. The summed E-state index contributed by atoms with van der Waals surface area (Å²) in [5, 5.41) is 8.55. The van der Waals surface area contributed by atoms with E-state index in [9.17, 15) is 40.3 Å². The van der Waals surface area contributed by atoms with Gasteiger partial charge in [0, 0.05) is 55.7 Å². The van der Waals surface area contributed by atoms with Crippen molar-refractivity contribution in [2.45, 2.75) is 63.1 Å². The monoisotopic (exact) mass is 638 g/mol. The maximum atomic E-state index is 15.3. The second-order valence-electron chi connectivity index (χ2n) is 10.6. The molecule has 1 aliphatic heterocycles. The van der Waals surface area contributed by atoms with E-state index < -0.39 is 76.4 Å². The number of carbonyl (C=O) groups excluding carboxylic acids is 2. The van der Waals surface area contributed by atoms with Crippen LogP contribution in [0, 0.1) is 11.6 Å². The van der Waals surface area contributed by atoms with Gasteiger partial charge in [-0.1, -0.05) is 11.6 Å². The van der Waals surface area contributed by atoms with Crippen LogP contribution in [0.5, 0.6) is 0 Å². The maximum Gasteiger partial charge on any atom is 0.436 e. The lowest BCUT2D eigenvalue weighted by Gasteiger charge is -2.38. The zero-order valence-corrected chi connectivity index (χ0v) is 23.0. The Hall–Kier alpha value is -3.69. The summed E-state index contributed by atoms with van der Waals surface area (Å²) in [7, 11) is 0. The van der Waals surface area contributed by atoms with Crippen LogP contribution in [0.4, 0.5) is 40.8 Å². The van der Waals surface area contributed by atoms with Gasteiger partial charge in [-0.25, -0.2) is 13.8 Å². The number of likely N-dealkylation sites (tertiary alicyclic amines) is 1. The highest BCUT2D eigenvalue weighted by Gasteiger charge is 2.40. The number of hydrogen-bond acceptors (Lipinski definition) is 5. The van der Waals surface area contributed by atoms with E-state index in [-0.39, 0.29) is 42.1 Å². The maximum absolute atomic E-state index is 15.3. The fourth-order valence-corrected chi connectivity index (χ4v) is 5.29. The van der Waals surface area contributed by atoms with Gasteiger partial charge in [0.2, 0.25) is 5.91 Å². The van der Waals surface area contributed by atoms with Gasteiger partial charge in [-0.15, -0.1) is 0 Å². The van der Waals surface area contributed by atoms with Crippen molar-refractivity contribution in [2.75, 3.05) is 18.4 Å². The van der Waals surface area contributed by atoms with E-state index in [4.69, 9.17) is 11.6 Å². The molecule has 2 aromatic heterocycles. The normalized spacial score (nSPS) is 19.5. The number of benzene rings is 1. The molecular formula is C26H23ClF8N6O2. The second kappa shape index (κ2) is 11.1. The molecular weight excluding hydrogens is 616 g/mol. The Kier molecular flexibility index (Phi) is 7.94. The lowest BCUT2D eigenvalue weighted by Crippen LogP contribution is -2.55. The average molecular weight is 639 g/mol. The van der Waals surface area contributed by atoms with Gasteiger partial charge in [0.25, 0.3) is 5.91 Å². The fraction of sp³-hybridized carbons (Fsp3) is 0.462. The molecule has 17 heteroatoms. The molecule has 232 valence electrons. The van der Waals surface area contributed by atoms with Crippen LogP contribution in [0.2, 0.25) is 5.02 Å². The van der Waals surface area contributed by atoms with E-state index in [1.807, 2.05) is 0 Å². The van der Waals surface area contributed by atoms with Gasteiger partial charge in [0.15, 0.2) is 11.5 Å². The lowest BCUT2D eigenvalue weighted by molar-refractivity contribution is -0.144. The first kappa shape index (κ1) is 30.8. The summed E-state index contributed by atoms with van der Waals surface area (Å²) in [5.74, 6) is -4.21. The molecule has 1 aromatic carbocycles. The number of halogens is 9. The smallest absolute Gasteiger partial charge is 0.377 e. The minimum Gasteiger partial charge on any atom is -0.377 e. The predicted molar refractivity (Wildman–Crippen MR) is 137 cm³/mol. The molecule has 3 aromatic rings. The molecule has 43 heavy (non-hydrogen) atoms. The van der Waals surface area contributed by atoms with Crippen molar-refractivity contribution in [3.05, 3.63) is 51.9 Å². The second-order valence-corrected chi connectivity index (χ2v) is 11.0. The number of anilines is 1. The fourth-order valence-electron chi connectivity index (χ4n) is 5.13. The van der Waals surface area contributed by atoms with Crippen LogP contribution in [-0.4, -0.2) is 62.8 Å². The van der Waals surface area contributed by atoms with Gasteiger partial charge in [-0.05, 0) is 25.3 Å². The Balaban J connectivity index is 1.44. The summed E-state index contributed by atoms with van der Waals surface area (Å²) in [6.45, 7) is -0.301. The molecule has 5 rings (SSSR count). The van der Waals surface area contributed by atoms with Crippen molar-refractivity contribution < 1.29 is 44.7 Å². The first-order valence-corrected chi connectivity index (χ1v) is 13.4. The van der Waals surface area contributed by atoms with E-state index in [1.54, 1.807) is 0 Å². The quantitative estimate of drug-likeness (QED) is 0.341. The van der Waals surface area contributed by atoms with Gasteiger partial charge >= 0.3 is 12.4 Å². The molecule has 2 atom stereocenters. The third-order valence-corrected chi connectivity index (χ3v) is 7.45. The van der Waals surface area contributed by atoms with Gasteiger partial charge < -0.3 is 15.5 Å². The van der Waals surface area contributed by atoms with Crippen LogP contribution in [0.1, 0.15) is 53.8 Å². The van der Waals surface area contributed by atoms with Crippen molar-refractivity contribution in [2.24, 2.45) is 0 Å². The zero-order valence-electron chi connectivity index (χ0n) is 22.2. The Bertz CT molecular complexity index is 1590. The molecule has 0 unspecified atom stereocenters. The summed E-state index contributed by atoms with van der Waals surface area (Å²) in [4.78, 5) is 30.1. The predicted octanol–water partition coefficient (Wildman–Crippen LogP) is 5.65. The summed E-state index contributed by atoms with van der Waals surface area (Å²) >= 11 is 5.82. The number of piperidine rings is 1. The molecule has 8 nitrogen and oxygen atoms in total. The molecule has 2 fully saturated rings. The number of rotatable bonds is 6. The number of hydrogen-bond donors (Lipinski definition) is 2. The number of carbonyl (C=O) groups is 2. The van der Waals surface area contributed by atoms with Crippen LogP contribution in [0.3, 0.4) is 0 Å². The Morgan fingerprint density at radius 3 is 2.35 bits per heavy atom. The number of aromatic nitrogens is 3. The summed E-state index contributed by atoms with van der Waals surface area (Å²) in [6, 6.07) is -0.198. The minimum absolute atomic E-state index is 0.0233. The van der Waals surface area contributed by atoms with Gasteiger partial charge in [0.1, 0.15) is 12.4 Å². The van der Waals surface area contributed by atoms with Crippen LogP contribution in [-0.2, 0) is 17.5 Å². The van der Waals surface area contributed by atoms with Crippen LogP contribution in [0.15, 0.2) is 18.3 Å². The van der Waals surface area contributed by atoms with Crippen molar-refractivity contribution in [3.8, 4) is 0 Å². The third-order valence-electron chi connectivity index (χ3n) is 7.16. The van der Waals surface area contributed by atoms with Crippen molar-refractivity contribution in [3.63, 3.8) is 0 Å². The summed E-state index contributed by atoms with van der Waals surface area (Å²) < 4.78 is 110. The highest BCUT2D eigenvalue weighted by Crippen LogP contribution is 2.41. The van der Waals surface area contributed by atoms with Crippen molar-refractivity contribution >= 4 is 40.0 Å². The molecule has 1 saturated heterocycles. The van der Waals surface area contributed by atoms with Crippen LogP contribution >= 0.6 is 11.6 Å². The largest absolute Gasteiger partial charge is 0.436 e. The Labute approximate surface area is 243 Å². The third kappa shape index (κ3) is 6.78. The zero-order chi connectivity index (χ0) is 31.4.